The quantitative estimate of drug-likeness (QED) is 0.111. The third-order valence-electron chi connectivity index (χ3n) is 0. The van der Waals surface area contributed by atoms with Crippen LogP contribution in [-0.2, 0) is 102 Å². The van der Waals surface area contributed by atoms with Crippen LogP contribution in [0.5, 0.6) is 0 Å². The molecule has 30 heavy (non-hydrogen) atoms. The van der Waals surface area contributed by atoms with E-state index in [1.54, 1.807) is 31.8 Å². The fourth-order valence-corrected chi connectivity index (χ4v) is 0. The summed E-state index contributed by atoms with van der Waals surface area (Å²) >= 11 is 10.2. The number of aldehydes is 1. The molecule has 0 heterocycles. The summed E-state index contributed by atoms with van der Waals surface area (Å²) in [7, 11) is 1.25. The molecule has 3 nitrogen and oxygen atoms in total. The average Bonchev–Trinajstić information content (AvgIpc) is 2.81. The second-order valence-electron chi connectivity index (χ2n) is 0.964. The maximum atomic E-state index is 7.44. The van der Waals surface area contributed by atoms with E-state index in [4.69, 9.17) is 14.7 Å². The molecule has 0 aliphatic rings. The molecule has 0 rings (SSSR count). The first-order chi connectivity index (χ1) is 13.7. The molecule has 0 saturated heterocycles. The molecular formula is C22H64O3S3Y2+4. The summed E-state index contributed by atoms with van der Waals surface area (Å²) in [6.07, 6.45) is 4.56. The van der Waals surface area contributed by atoms with Crippen LogP contribution in [0.1, 0.15) is 111 Å². The van der Waals surface area contributed by atoms with E-state index in [-0.39, 0.29) is 65.4 Å². The van der Waals surface area contributed by atoms with Gasteiger partial charge >= 0.3 is 0 Å². The Morgan fingerprint density at radius 3 is 0.700 bits per heavy atom. The van der Waals surface area contributed by atoms with E-state index >= 15 is 0 Å². The Labute approximate surface area is 261 Å². The maximum Gasteiger partial charge on any atom is 0.278 e. The Morgan fingerprint density at radius 1 is 0.700 bits per heavy atom. The van der Waals surface area contributed by atoms with Gasteiger partial charge in [0.15, 0.2) is 17.6 Å². The van der Waals surface area contributed by atoms with Gasteiger partial charge in [0.25, 0.3) is 6.29 Å². The second-order valence-corrected chi connectivity index (χ2v) is 1.93. The van der Waals surface area contributed by atoms with Crippen LogP contribution in [0.2, 0.25) is 0 Å². The monoisotopic (exact) mass is 650 g/mol. The second kappa shape index (κ2) is 768. The smallest absolute Gasteiger partial charge is 0.278 e. The Hall–Kier alpha value is 2.04. The van der Waals surface area contributed by atoms with Gasteiger partial charge < -0.3 is 9.90 Å². The molecule has 0 spiro atoms. The van der Waals surface area contributed by atoms with E-state index in [2.05, 4.69) is 42.4 Å². The zero-order valence-electron chi connectivity index (χ0n) is 24.1. The maximum absolute atomic E-state index is 7.44. The van der Waals surface area contributed by atoms with Gasteiger partial charge in [0, 0.05) is 79.3 Å². The predicted molar refractivity (Wildman–Crippen MR) is 160 cm³/mol. The van der Waals surface area contributed by atoms with Crippen molar-refractivity contribution >= 4 is 60.4 Å². The van der Waals surface area contributed by atoms with Gasteiger partial charge in [-0.25, -0.2) is 0 Å². The standard InChI is InChI=1S/2C2H4O.2C2H4S.6C2H6.CH4O.CH4S.2Y/c4*1-2-3;8*1-2;;/h3H,1H3;2H,1H3;3H,1H3;2H,1H3;6*1-2H3;2*2H,1H3;;/p+4. The zero-order chi connectivity index (χ0) is 26.8. The SMILES string of the molecule is CC.CC.CC.CC.CC.CC.CC=[OH+].CC=[SH+].C[C-]=[OH+].C[C-]=[SH+].C[OH2+].C[SH2+].[Y].[Y]. The van der Waals surface area contributed by atoms with Crippen LogP contribution in [0.3, 0.4) is 0 Å². The van der Waals surface area contributed by atoms with E-state index < -0.39 is 0 Å². The molecular weight excluding hydrogens is 586 g/mol. The van der Waals surface area contributed by atoms with Gasteiger partial charge in [0.05, 0.1) is 6.26 Å². The molecule has 4 N–H and O–H groups in total. The summed E-state index contributed by atoms with van der Waals surface area (Å²) in [5.74, 6) is 0. The Bertz CT molecular complexity index is 91.6. The number of thiol groups is 2. The van der Waals surface area contributed by atoms with Crippen LogP contribution in [0.25, 0.3) is 0 Å². The summed E-state index contributed by atoms with van der Waals surface area (Å²) < 4.78 is 0. The molecule has 0 aromatic rings. The van der Waals surface area contributed by atoms with Crippen molar-refractivity contribution in [1.82, 2.24) is 0 Å². The minimum absolute atomic E-state index is 0. The van der Waals surface area contributed by atoms with Crippen molar-refractivity contribution in [2.75, 3.05) is 13.4 Å². The van der Waals surface area contributed by atoms with E-state index in [0.29, 0.717) is 0 Å². The van der Waals surface area contributed by atoms with Crippen LogP contribution >= 0.6 is 0 Å². The van der Waals surface area contributed by atoms with Crippen molar-refractivity contribution in [3.05, 3.63) is 0 Å². The van der Waals surface area contributed by atoms with Crippen molar-refractivity contribution in [1.29, 1.82) is 0 Å². The number of hydrogen-bond acceptors (Lipinski definition) is 0. The van der Waals surface area contributed by atoms with E-state index in [1.807, 2.05) is 90.0 Å². The average molecular weight is 651 g/mol. The molecule has 0 aliphatic heterocycles. The molecule has 8 heteroatoms. The van der Waals surface area contributed by atoms with Gasteiger partial charge in [-0.1, -0.05) is 95.3 Å². The van der Waals surface area contributed by atoms with Gasteiger partial charge in [-0.2, -0.15) is 5.37 Å². The largest absolute Gasteiger partial charge is 0.471 e. The minimum Gasteiger partial charge on any atom is -0.471 e. The normalized spacial score (nSPS) is 3.33. The van der Waals surface area contributed by atoms with Crippen LogP contribution in [-0.4, -0.2) is 51.4 Å². The van der Waals surface area contributed by atoms with Gasteiger partial charge in [0.1, 0.15) is 7.11 Å². The van der Waals surface area contributed by atoms with Crippen LogP contribution in [0.4, 0.5) is 0 Å². The van der Waals surface area contributed by atoms with Gasteiger partial charge in [-0.05, 0) is 18.9 Å². The molecule has 0 aliphatic carbocycles. The molecule has 0 atom stereocenters. The van der Waals surface area contributed by atoms with E-state index in [9.17, 15) is 0 Å². The molecule has 190 valence electrons. The topological polar surface area (TPSA) is 65.7 Å². The van der Waals surface area contributed by atoms with Crippen molar-refractivity contribution in [2.24, 2.45) is 0 Å². The zero-order valence-corrected chi connectivity index (χ0v) is 32.6. The van der Waals surface area contributed by atoms with Gasteiger partial charge in [0.2, 0.25) is 0 Å². The van der Waals surface area contributed by atoms with Crippen molar-refractivity contribution in [3.63, 3.8) is 0 Å². The molecule has 0 fully saturated rings. The first-order valence-corrected chi connectivity index (χ1v) is 12.1. The van der Waals surface area contributed by atoms with Crippen molar-refractivity contribution < 1.29 is 80.1 Å². The van der Waals surface area contributed by atoms with Crippen LogP contribution in [0.15, 0.2) is 0 Å². The fraction of sp³-hybridized carbons (Fsp3) is 0.818. The van der Waals surface area contributed by atoms with Crippen LogP contribution < -0.4 is 0 Å². The first-order valence-electron chi connectivity index (χ1n) is 10.1. The summed E-state index contributed by atoms with van der Waals surface area (Å²) in [5.41, 5.74) is 0. The third kappa shape index (κ3) is 6100. The first kappa shape index (κ1) is 94.9. The number of carbonyl (C=O) groups excluding carboxylic acids is 2. The van der Waals surface area contributed by atoms with Gasteiger partial charge in [-0.15, -0.1) is 13.8 Å². The van der Waals surface area contributed by atoms with E-state index in [1.165, 1.54) is 14.0 Å². The molecule has 2 radical (unpaired) electrons. The predicted octanol–water partition coefficient (Wildman–Crippen LogP) is 5.41. The molecule has 0 amide bonds. The third-order valence-corrected chi connectivity index (χ3v) is 0. The molecule has 0 aromatic carbocycles. The fourth-order valence-electron chi connectivity index (χ4n) is 0. The van der Waals surface area contributed by atoms with E-state index in [0.717, 1.165) is 6.29 Å². The number of rotatable bonds is 0. The Morgan fingerprint density at radius 2 is 0.700 bits per heavy atom. The van der Waals surface area contributed by atoms with Crippen LogP contribution in [0, 0.1) is 0 Å². The molecule has 0 aromatic heterocycles. The minimum atomic E-state index is 0. The van der Waals surface area contributed by atoms with Crippen molar-refractivity contribution in [2.45, 2.75) is 111 Å². The summed E-state index contributed by atoms with van der Waals surface area (Å²) in [5, 5.41) is 9.89. The van der Waals surface area contributed by atoms with Gasteiger partial charge in [-0.3, -0.25) is 4.79 Å². The summed E-state index contributed by atoms with van der Waals surface area (Å²) in [4.78, 5) is 14.8. The van der Waals surface area contributed by atoms with Crippen molar-refractivity contribution in [3.8, 4) is 0 Å². The Balaban J connectivity index is -0.00000000776. The summed E-state index contributed by atoms with van der Waals surface area (Å²) in [6.45, 7) is 30.6. The number of hydrogen-bond donors (Lipinski definition) is 0. The molecule has 0 bridgehead atoms. The summed E-state index contributed by atoms with van der Waals surface area (Å²) in [6, 6.07) is 0. The molecule has 0 unspecified atom stereocenters. The molecule has 0 saturated carbocycles. The Kier molecular flexibility index (Phi) is 2430.